The molecule has 2 unspecified atom stereocenters. The van der Waals surface area contributed by atoms with Gasteiger partial charge in [0.15, 0.2) is 5.96 Å². The molecular formula is C21H34N4O3. The monoisotopic (exact) mass is 390 g/mol. The van der Waals surface area contributed by atoms with Crippen LogP contribution in [0.3, 0.4) is 0 Å². The van der Waals surface area contributed by atoms with Crippen LogP contribution in [0, 0.1) is 5.41 Å². The van der Waals surface area contributed by atoms with Crippen LogP contribution in [0.4, 0.5) is 0 Å². The fourth-order valence-electron chi connectivity index (χ4n) is 4.45. The number of carbonyl (C=O) groups excluding carboxylic acids is 1. The van der Waals surface area contributed by atoms with Gasteiger partial charge >= 0.3 is 0 Å². The average Bonchev–Trinajstić information content (AvgIpc) is 3.37. The van der Waals surface area contributed by atoms with Gasteiger partial charge in [-0.25, -0.2) is 4.99 Å². The molecule has 7 nitrogen and oxygen atoms in total. The molecule has 1 heterocycles. The third-order valence-corrected chi connectivity index (χ3v) is 6.11. The maximum absolute atomic E-state index is 12.0. The van der Waals surface area contributed by atoms with Crippen molar-refractivity contribution in [3.8, 4) is 0 Å². The van der Waals surface area contributed by atoms with Gasteiger partial charge in [0.05, 0.1) is 12.4 Å². The molecule has 2 N–H and O–H groups in total. The van der Waals surface area contributed by atoms with Gasteiger partial charge in [0.25, 0.3) is 0 Å². The molecule has 1 aromatic rings. The minimum Gasteiger partial charge on any atom is -0.469 e. The molecule has 7 heteroatoms. The number of carbonyl (C=O) groups is 1. The van der Waals surface area contributed by atoms with E-state index in [4.69, 9.17) is 9.15 Å². The Hall–Kier alpha value is -2.02. The van der Waals surface area contributed by atoms with E-state index in [-0.39, 0.29) is 17.9 Å². The predicted octanol–water partition coefficient (Wildman–Crippen LogP) is 2.18. The summed E-state index contributed by atoms with van der Waals surface area (Å²) in [6, 6.07) is 4.20. The van der Waals surface area contributed by atoms with Gasteiger partial charge in [-0.1, -0.05) is 12.8 Å². The van der Waals surface area contributed by atoms with Crippen LogP contribution in [0.1, 0.15) is 44.8 Å². The van der Waals surface area contributed by atoms with E-state index in [0.29, 0.717) is 24.7 Å². The molecule has 0 aliphatic heterocycles. The van der Waals surface area contributed by atoms with Crippen molar-refractivity contribution in [2.24, 2.45) is 10.4 Å². The van der Waals surface area contributed by atoms with E-state index in [1.165, 1.54) is 25.7 Å². The minimum absolute atomic E-state index is 0.0106. The van der Waals surface area contributed by atoms with E-state index in [0.717, 1.165) is 25.2 Å². The van der Waals surface area contributed by atoms with Crippen LogP contribution in [-0.4, -0.2) is 62.7 Å². The molecule has 28 heavy (non-hydrogen) atoms. The smallest absolute Gasteiger partial charge is 0.243 e. The zero-order valence-corrected chi connectivity index (χ0v) is 17.4. The van der Waals surface area contributed by atoms with E-state index in [1.54, 1.807) is 25.3 Å². The number of furan rings is 1. The second kappa shape index (κ2) is 9.45. The van der Waals surface area contributed by atoms with Crippen molar-refractivity contribution in [3.05, 3.63) is 24.2 Å². The number of hydrogen-bond donors (Lipinski definition) is 2. The van der Waals surface area contributed by atoms with Crippen molar-refractivity contribution in [2.75, 3.05) is 33.8 Å². The summed E-state index contributed by atoms with van der Waals surface area (Å²) >= 11 is 0. The van der Waals surface area contributed by atoms with Crippen molar-refractivity contribution in [1.82, 2.24) is 15.5 Å². The maximum atomic E-state index is 12.0. The van der Waals surface area contributed by atoms with Crippen LogP contribution < -0.4 is 10.6 Å². The molecule has 156 valence electrons. The molecule has 2 saturated carbocycles. The zero-order chi connectivity index (χ0) is 20.0. The maximum Gasteiger partial charge on any atom is 0.243 e. The first-order valence-corrected chi connectivity index (χ1v) is 10.4. The fourth-order valence-corrected chi connectivity index (χ4v) is 4.45. The number of aliphatic imine (C=N–C) groups is 1. The number of nitrogens with zero attached hydrogens (tertiary/aromatic N) is 2. The molecule has 1 aromatic heterocycles. The van der Waals surface area contributed by atoms with Crippen LogP contribution in [0.5, 0.6) is 0 Å². The van der Waals surface area contributed by atoms with Crippen LogP contribution in [0.2, 0.25) is 0 Å². The lowest BCUT2D eigenvalue weighted by Crippen LogP contribution is -2.65. The Morgan fingerprint density at radius 2 is 2.18 bits per heavy atom. The molecule has 2 atom stereocenters. The minimum atomic E-state index is -0.0106. The summed E-state index contributed by atoms with van der Waals surface area (Å²) < 4.78 is 11.4. The Kier molecular flexibility index (Phi) is 6.99. The second-order valence-corrected chi connectivity index (χ2v) is 8.03. The lowest BCUT2D eigenvalue weighted by molar-refractivity contribution is -0.127. The highest BCUT2D eigenvalue weighted by molar-refractivity contribution is 5.85. The highest BCUT2D eigenvalue weighted by Gasteiger charge is 2.56. The molecule has 1 spiro atoms. The molecule has 2 aliphatic rings. The molecule has 1 amide bonds. The molecule has 0 bridgehead atoms. The zero-order valence-electron chi connectivity index (χ0n) is 17.4. The van der Waals surface area contributed by atoms with E-state index >= 15 is 0 Å². The Morgan fingerprint density at radius 3 is 2.82 bits per heavy atom. The van der Waals surface area contributed by atoms with Crippen LogP contribution in [0.15, 0.2) is 27.8 Å². The van der Waals surface area contributed by atoms with Crippen molar-refractivity contribution in [1.29, 1.82) is 0 Å². The summed E-state index contributed by atoms with van der Waals surface area (Å²) in [5.74, 6) is 1.63. The number of hydrogen-bond acceptors (Lipinski definition) is 4. The van der Waals surface area contributed by atoms with Gasteiger partial charge < -0.3 is 24.7 Å². The van der Waals surface area contributed by atoms with Gasteiger partial charge in [-0.3, -0.25) is 4.79 Å². The summed E-state index contributed by atoms with van der Waals surface area (Å²) in [7, 11) is 3.50. The number of nitrogens with one attached hydrogen (secondary N) is 2. The van der Waals surface area contributed by atoms with Gasteiger partial charge in [0, 0.05) is 45.1 Å². The standard InChI is InChI=1S/C21H34N4O3/c1-4-27-18-14-17(21(18)10-5-6-11-21)24-20(23-15-19(26)25(2)3)22-12-9-16-8-7-13-28-16/h7-8,13,17-18H,4-6,9-12,14-15H2,1-3H3,(H2,22,23,24). The lowest BCUT2D eigenvalue weighted by atomic mass is 9.60. The number of rotatable bonds is 8. The van der Waals surface area contributed by atoms with Crippen molar-refractivity contribution in [2.45, 2.75) is 57.6 Å². The molecule has 0 saturated heterocycles. The van der Waals surface area contributed by atoms with Crippen molar-refractivity contribution in [3.63, 3.8) is 0 Å². The molecule has 2 fully saturated rings. The molecule has 2 aliphatic carbocycles. The van der Waals surface area contributed by atoms with Gasteiger partial charge in [0.1, 0.15) is 12.3 Å². The summed E-state index contributed by atoms with van der Waals surface area (Å²) in [5, 5.41) is 6.98. The molecule has 0 radical (unpaired) electrons. The Bertz CT molecular complexity index is 651. The first kappa shape index (κ1) is 20.7. The quantitative estimate of drug-likeness (QED) is 0.525. The Morgan fingerprint density at radius 1 is 1.39 bits per heavy atom. The third kappa shape index (κ3) is 4.69. The molecular weight excluding hydrogens is 356 g/mol. The van der Waals surface area contributed by atoms with E-state index in [9.17, 15) is 4.79 Å². The highest BCUT2D eigenvalue weighted by Crippen LogP contribution is 2.54. The summed E-state index contributed by atoms with van der Waals surface area (Å²) in [6.07, 6.45) is 8.71. The van der Waals surface area contributed by atoms with Crippen LogP contribution >= 0.6 is 0 Å². The number of amides is 1. The second-order valence-electron chi connectivity index (χ2n) is 8.03. The fraction of sp³-hybridized carbons (Fsp3) is 0.714. The van der Waals surface area contributed by atoms with Gasteiger partial charge in [-0.2, -0.15) is 0 Å². The topological polar surface area (TPSA) is 79.1 Å². The first-order chi connectivity index (χ1) is 13.5. The van der Waals surface area contributed by atoms with Gasteiger partial charge in [-0.05, 0) is 38.3 Å². The van der Waals surface area contributed by atoms with Crippen molar-refractivity contribution < 1.29 is 13.9 Å². The van der Waals surface area contributed by atoms with E-state index in [1.807, 2.05) is 12.1 Å². The van der Waals surface area contributed by atoms with Crippen LogP contribution in [-0.2, 0) is 16.0 Å². The number of guanidine groups is 1. The number of ether oxygens (including phenoxy) is 1. The number of likely N-dealkylation sites (N-methyl/N-ethyl adjacent to an activating group) is 1. The Balaban J connectivity index is 1.62. The summed E-state index contributed by atoms with van der Waals surface area (Å²) in [6.45, 7) is 3.67. The molecule has 0 aromatic carbocycles. The molecule has 3 rings (SSSR count). The summed E-state index contributed by atoms with van der Waals surface area (Å²) in [4.78, 5) is 18.1. The van der Waals surface area contributed by atoms with Gasteiger partial charge in [0.2, 0.25) is 5.91 Å². The SMILES string of the molecule is CCOC1CC(NC(=NCC(=O)N(C)C)NCCc2ccco2)C12CCCC2. The van der Waals surface area contributed by atoms with E-state index < -0.39 is 0 Å². The first-order valence-electron chi connectivity index (χ1n) is 10.4. The average molecular weight is 391 g/mol. The van der Waals surface area contributed by atoms with E-state index in [2.05, 4.69) is 22.5 Å². The predicted molar refractivity (Wildman–Crippen MR) is 109 cm³/mol. The highest BCUT2D eigenvalue weighted by atomic mass is 16.5. The Labute approximate surface area is 167 Å². The third-order valence-electron chi connectivity index (χ3n) is 6.11. The summed E-state index contributed by atoms with van der Waals surface area (Å²) in [5.41, 5.74) is 0.213. The van der Waals surface area contributed by atoms with Crippen LogP contribution in [0.25, 0.3) is 0 Å². The van der Waals surface area contributed by atoms with Crippen molar-refractivity contribution >= 4 is 11.9 Å². The largest absolute Gasteiger partial charge is 0.469 e. The normalized spacial score (nSPS) is 23.5. The van der Waals surface area contributed by atoms with Gasteiger partial charge in [-0.15, -0.1) is 0 Å². The lowest BCUT2D eigenvalue weighted by Gasteiger charge is -2.54.